The second kappa shape index (κ2) is 8.69. The van der Waals surface area contributed by atoms with Crippen LogP contribution >= 0.6 is 11.3 Å². The minimum atomic E-state index is 0.285. The van der Waals surface area contributed by atoms with Crippen LogP contribution in [0.15, 0.2) is 0 Å². The molecule has 0 aromatic carbocycles. The number of aliphatic hydroxyl groups excluding tert-OH is 1. The Hall–Kier alpha value is -1.28. The van der Waals surface area contributed by atoms with Crippen molar-refractivity contribution in [2.75, 3.05) is 44.2 Å². The Morgan fingerprint density at radius 1 is 0.967 bits per heavy atom. The molecule has 0 bridgehead atoms. The van der Waals surface area contributed by atoms with Crippen molar-refractivity contribution in [1.29, 1.82) is 0 Å². The first-order valence-corrected chi connectivity index (χ1v) is 12.6. The number of thiophene rings is 1. The fourth-order valence-corrected chi connectivity index (χ4v) is 6.65. The van der Waals surface area contributed by atoms with Gasteiger partial charge in [0.05, 0.1) is 18.5 Å². The van der Waals surface area contributed by atoms with E-state index in [1.165, 1.54) is 66.8 Å². The van der Waals surface area contributed by atoms with Gasteiger partial charge in [0.1, 0.15) is 16.5 Å². The Bertz CT molecular complexity index is 893. The molecule has 3 aliphatic rings. The minimum Gasteiger partial charge on any atom is -0.395 e. The number of nitrogens with zero attached hydrogens (tertiary/aromatic N) is 5. The van der Waals surface area contributed by atoms with E-state index in [1.54, 1.807) is 0 Å². The Kier molecular flexibility index (Phi) is 5.97. The fraction of sp³-hybridized carbons (Fsp3) is 0.739. The van der Waals surface area contributed by atoms with Gasteiger partial charge in [-0.25, -0.2) is 9.97 Å². The van der Waals surface area contributed by atoms with Gasteiger partial charge < -0.3 is 10.0 Å². The first-order valence-electron chi connectivity index (χ1n) is 11.7. The van der Waals surface area contributed by atoms with Gasteiger partial charge in [0, 0.05) is 30.1 Å². The molecular weight excluding hydrogens is 394 g/mol. The summed E-state index contributed by atoms with van der Waals surface area (Å²) < 4.78 is 0. The lowest BCUT2D eigenvalue weighted by Crippen LogP contribution is -2.44. The fourth-order valence-electron chi connectivity index (χ4n) is 5.61. The molecule has 1 N–H and O–H groups in total. The molecule has 2 aromatic heterocycles. The molecule has 0 amide bonds. The van der Waals surface area contributed by atoms with Gasteiger partial charge in [-0.15, -0.1) is 11.3 Å². The van der Waals surface area contributed by atoms with Crippen molar-refractivity contribution in [1.82, 2.24) is 19.8 Å². The van der Waals surface area contributed by atoms with Crippen molar-refractivity contribution >= 4 is 27.4 Å². The number of aromatic nitrogens is 2. The van der Waals surface area contributed by atoms with Crippen molar-refractivity contribution in [3.63, 3.8) is 0 Å². The molecule has 3 saturated heterocycles. The van der Waals surface area contributed by atoms with Crippen molar-refractivity contribution in [2.24, 2.45) is 0 Å². The summed E-state index contributed by atoms with van der Waals surface area (Å²) in [6, 6.07) is 0.822. The molecule has 5 rings (SSSR count). The molecule has 2 atom stereocenters. The lowest BCUT2D eigenvalue weighted by molar-refractivity contribution is 0.153. The molecule has 2 unspecified atom stereocenters. The quantitative estimate of drug-likeness (QED) is 0.760. The van der Waals surface area contributed by atoms with Gasteiger partial charge in [0.25, 0.3) is 0 Å². The SMILES string of the molecule is Cc1sc2nc(CN3CCCC3)nc(N3CCCC3CN3CCCC3CO)c2c1C. The topological polar surface area (TPSA) is 55.7 Å². The molecule has 7 heteroatoms. The smallest absolute Gasteiger partial charge is 0.146 e. The number of fused-ring (bicyclic) bond motifs is 1. The number of aliphatic hydroxyl groups is 1. The lowest BCUT2D eigenvalue weighted by atomic mass is 10.1. The Morgan fingerprint density at radius 2 is 1.73 bits per heavy atom. The summed E-state index contributed by atoms with van der Waals surface area (Å²) in [5.41, 5.74) is 1.35. The van der Waals surface area contributed by atoms with Crippen molar-refractivity contribution in [3.05, 3.63) is 16.3 Å². The number of hydrogen-bond donors (Lipinski definition) is 1. The molecule has 0 aliphatic carbocycles. The van der Waals surface area contributed by atoms with E-state index in [0.717, 1.165) is 43.3 Å². The van der Waals surface area contributed by atoms with Crippen LogP contribution in [0.4, 0.5) is 5.82 Å². The van der Waals surface area contributed by atoms with Gasteiger partial charge in [-0.3, -0.25) is 9.80 Å². The van der Waals surface area contributed by atoms with Crippen LogP contribution in [-0.2, 0) is 6.54 Å². The summed E-state index contributed by atoms with van der Waals surface area (Å²) in [5, 5.41) is 11.0. The van der Waals surface area contributed by atoms with E-state index < -0.39 is 0 Å². The number of aryl methyl sites for hydroxylation is 2. The predicted octanol–water partition coefficient (Wildman–Crippen LogP) is 3.33. The Morgan fingerprint density at radius 3 is 2.53 bits per heavy atom. The van der Waals surface area contributed by atoms with E-state index in [9.17, 15) is 5.11 Å². The first-order chi connectivity index (χ1) is 14.6. The van der Waals surface area contributed by atoms with E-state index >= 15 is 0 Å². The summed E-state index contributed by atoms with van der Waals surface area (Å²) in [6.45, 7) is 11.2. The van der Waals surface area contributed by atoms with Crippen molar-refractivity contribution in [3.8, 4) is 0 Å². The molecule has 6 nitrogen and oxygen atoms in total. The van der Waals surface area contributed by atoms with Crippen LogP contribution in [-0.4, -0.2) is 76.3 Å². The standard InChI is InChI=1S/C23H35N5OS/c1-16-17(2)30-23-21(16)22(24-20(25-23)14-26-9-3-4-10-26)28-12-6-7-18(28)13-27-11-5-8-19(27)15-29/h18-19,29H,3-15H2,1-2H3. The van der Waals surface area contributed by atoms with Crippen molar-refractivity contribution in [2.45, 2.75) is 71.0 Å². The van der Waals surface area contributed by atoms with Crippen LogP contribution < -0.4 is 4.90 Å². The molecule has 3 aliphatic heterocycles. The van der Waals surface area contributed by atoms with Crippen LogP contribution in [0.1, 0.15) is 54.8 Å². The van der Waals surface area contributed by atoms with Gasteiger partial charge in [0.15, 0.2) is 0 Å². The maximum Gasteiger partial charge on any atom is 0.146 e. The first kappa shape index (κ1) is 20.6. The molecular formula is C23H35N5OS. The maximum atomic E-state index is 9.77. The number of likely N-dealkylation sites (tertiary alicyclic amines) is 2. The molecule has 30 heavy (non-hydrogen) atoms. The van der Waals surface area contributed by atoms with Crippen molar-refractivity contribution < 1.29 is 5.11 Å². The summed E-state index contributed by atoms with van der Waals surface area (Å²) >= 11 is 1.82. The Balaban J connectivity index is 1.47. The third kappa shape index (κ3) is 3.85. The molecule has 5 heterocycles. The summed E-state index contributed by atoms with van der Waals surface area (Å²) in [6.07, 6.45) is 7.36. The van der Waals surface area contributed by atoms with Gasteiger partial charge >= 0.3 is 0 Å². The largest absolute Gasteiger partial charge is 0.395 e. The second-order valence-corrected chi connectivity index (χ2v) is 10.6. The summed E-state index contributed by atoms with van der Waals surface area (Å²) in [4.78, 5) is 20.3. The van der Waals surface area contributed by atoms with Gasteiger partial charge in [-0.1, -0.05) is 0 Å². The number of anilines is 1. The highest BCUT2D eigenvalue weighted by Crippen LogP contribution is 2.38. The van der Waals surface area contributed by atoms with Gasteiger partial charge in [-0.2, -0.15) is 0 Å². The van der Waals surface area contributed by atoms with Crippen LogP contribution in [0.25, 0.3) is 10.2 Å². The molecule has 3 fully saturated rings. The highest BCUT2D eigenvalue weighted by molar-refractivity contribution is 7.18. The maximum absolute atomic E-state index is 9.77. The molecule has 164 valence electrons. The van der Waals surface area contributed by atoms with E-state index in [0.29, 0.717) is 12.1 Å². The highest BCUT2D eigenvalue weighted by Gasteiger charge is 2.33. The third-order valence-electron chi connectivity index (χ3n) is 7.42. The van der Waals surface area contributed by atoms with Gasteiger partial charge in [0.2, 0.25) is 0 Å². The van der Waals surface area contributed by atoms with E-state index in [4.69, 9.17) is 9.97 Å². The minimum absolute atomic E-state index is 0.285. The molecule has 2 aromatic rings. The molecule has 0 spiro atoms. The van der Waals surface area contributed by atoms with Crippen LogP contribution in [0.3, 0.4) is 0 Å². The van der Waals surface area contributed by atoms with E-state index in [2.05, 4.69) is 28.5 Å². The predicted molar refractivity (Wildman–Crippen MR) is 123 cm³/mol. The van der Waals surface area contributed by atoms with Gasteiger partial charge in [-0.05, 0) is 77.6 Å². The van der Waals surface area contributed by atoms with Crippen LogP contribution in [0.2, 0.25) is 0 Å². The zero-order valence-corrected chi connectivity index (χ0v) is 19.3. The third-order valence-corrected chi connectivity index (χ3v) is 8.53. The number of rotatable bonds is 6. The summed E-state index contributed by atoms with van der Waals surface area (Å²) in [7, 11) is 0. The zero-order chi connectivity index (χ0) is 20.7. The van der Waals surface area contributed by atoms with E-state index in [1.807, 2.05) is 11.3 Å². The summed E-state index contributed by atoms with van der Waals surface area (Å²) in [5.74, 6) is 2.15. The van der Waals surface area contributed by atoms with Crippen LogP contribution in [0.5, 0.6) is 0 Å². The highest BCUT2D eigenvalue weighted by atomic mass is 32.1. The Labute approximate surface area is 183 Å². The van der Waals surface area contributed by atoms with E-state index in [-0.39, 0.29) is 6.61 Å². The molecule has 0 saturated carbocycles. The monoisotopic (exact) mass is 429 g/mol. The average molecular weight is 430 g/mol. The molecule has 0 radical (unpaired) electrons. The lowest BCUT2D eigenvalue weighted by Gasteiger charge is -2.32. The normalized spacial score (nSPS) is 25.9. The second-order valence-electron chi connectivity index (χ2n) is 9.37. The average Bonchev–Trinajstić information content (AvgIpc) is 3.52. The number of hydrogen-bond acceptors (Lipinski definition) is 7. The zero-order valence-electron chi connectivity index (χ0n) is 18.4. The van der Waals surface area contributed by atoms with Crippen LogP contribution in [0, 0.1) is 13.8 Å².